The third kappa shape index (κ3) is 4.35. The maximum Gasteiger partial charge on any atom is 0.130 e. The Kier molecular flexibility index (Phi) is 5.69. The average Bonchev–Trinajstić information content (AvgIpc) is 2.30. The number of aryl methyl sites for hydroxylation is 2. The molecule has 0 saturated heterocycles. The van der Waals surface area contributed by atoms with Crippen LogP contribution >= 0.6 is 0 Å². The largest absolute Gasteiger partial charge is 0.330 e. The van der Waals surface area contributed by atoms with E-state index in [1.54, 1.807) is 0 Å². The van der Waals surface area contributed by atoms with E-state index in [-0.39, 0.29) is 0 Å². The highest BCUT2D eigenvalue weighted by atomic mass is 15.1. The second kappa shape index (κ2) is 6.81. The Balaban J connectivity index is 2.83. The van der Waals surface area contributed by atoms with Crippen molar-refractivity contribution in [2.45, 2.75) is 33.6 Å². The maximum absolute atomic E-state index is 5.68. The van der Waals surface area contributed by atoms with Crippen molar-refractivity contribution in [3.05, 3.63) is 22.8 Å². The molecule has 1 rings (SSSR count). The van der Waals surface area contributed by atoms with Crippen molar-refractivity contribution in [2.24, 2.45) is 11.7 Å². The van der Waals surface area contributed by atoms with Gasteiger partial charge in [0.15, 0.2) is 0 Å². The van der Waals surface area contributed by atoms with Crippen LogP contribution in [0.3, 0.4) is 0 Å². The van der Waals surface area contributed by atoms with Gasteiger partial charge in [0, 0.05) is 24.4 Å². The number of nitrogens with zero attached hydrogens (tertiary/aromatic N) is 3. The first-order valence-corrected chi connectivity index (χ1v) is 6.61. The van der Waals surface area contributed by atoms with Crippen molar-refractivity contribution in [2.75, 3.05) is 27.2 Å². The predicted molar refractivity (Wildman–Crippen MR) is 75.7 cm³/mol. The van der Waals surface area contributed by atoms with Gasteiger partial charge >= 0.3 is 0 Å². The predicted octanol–water partition coefficient (Wildman–Crippen LogP) is 1.33. The van der Waals surface area contributed by atoms with Crippen LogP contribution in [0, 0.1) is 19.8 Å². The molecule has 0 spiro atoms. The maximum atomic E-state index is 5.68. The third-order valence-electron chi connectivity index (χ3n) is 3.20. The highest BCUT2D eigenvalue weighted by Gasteiger charge is 2.11. The summed E-state index contributed by atoms with van der Waals surface area (Å²) in [6, 6.07) is 0. The number of nitrogens with two attached hydrogens (primary N) is 1. The molecule has 0 aliphatic rings. The second-order valence-electron chi connectivity index (χ2n) is 5.39. The van der Waals surface area contributed by atoms with Crippen molar-refractivity contribution in [3.8, 4) is 0 Å². The van der Waals surface area contributed by atoms with E-state index in [0.717, 1.165) is 36.6 Å². The summed E-state index contributed by atoms with van der Waals surface area (Å²) in [6.45, 7) is 8.01. The quantitative estimate of drug-likeness (QED) is 0.827. The lowest BCUT2D eigenvalue weighted by Crippen LogP contribution is -2.19. The smallest absolute Gasteiger partial charge is 0.130 e. The summed E-state index contributed by atoms with van der Waals surface area (Å²) >= 11 is 0. The van der Waals surface area contributed by atoms with E-state index in [0.29, 0.717) is 12.5 Å². The molecule has 0 aliphatic heterocycles. The molecule has 0 aliphatic carbocycles. The highest BCUT2D eigenvalue weighted by Crippen LogP contribution is 2.15. The van der Waals surface area contributed by atoms with Gasteiger partial charge in [0.25, 0.3) is 0 Å². The van der Waals surface area contributed by atoms with Gasteiger partial charge in [-0.05, 0) is 52.4 Å². The summed E-state index contributed by atoms with van der Waals surface area (Å²) in [5.74, 6) is 1.43. The molecule has 0 fully saturated rings. The molecule has 0 amide bonds. The van der Waals surface area contributed by atoms with Gasteiger partial charge in [-0.2, -0.15) is 0 Å². The van der Waals surface area contributed by atoms with Crippen LogP contribution in [0.4, 0.5) is 0 Å². The standard InChI is InChI=1S/C14H26N4/c1-10(9-15)8-13-11(2)16-14(17-12(13)3)6-7-18(4)5/h10H,6-9,15H2,1-5H3. The fourth-order valence-electron chi connectivity index (χ4n) is 1.97. The third-order valence-corrected chi connectivity index (χ3v) is 3.20. The molecule has 0 bridgehead atoms. The van der Waals surface area contributed by atoms with Gasteiger partial charge in [-0.3, -0.25) is 0 Å². The molecule has 102 valence electrons. The molecule has 18 heavy (non-hydrogen) atoms. The zero-order valence-electron chi connectivity index (χ0n) is 12.3. The van der Waals surface area contributed by atoms with Gasteiger partial charge in [0.2, 0.25) is 0 Å². The number of hydrogen-bond donors (Lipinski definition) is 1. The number of likely N-dealkylation sites (N-methyl/N-ethyl adjacent to an activating group) is 1. The van der Waals surface area contributed by atoms with Crippen molar-refractivity contribution >= 4 is 0 Å². The first kappa shape index (κ1) is 15.1. The van der Waals surface area contributed by atoms with Gasteiger partial charge in [0.1, 0.15) is 5.82 Å². The normalized spacial score (nSPS) is 13.1. The topological polar surface area (TPSA) is 55.0 Å². The van der Waals surface area contributed by atoms with E-state index >= 15 is 0 Å². The Bertz CT molecular complexity index is 364. The Labute approximate surface area is 111 Å². The Morgan fingerprint density at radius 2 is 1.72 bits per heavy atom. The van der Waals surface area contributed by atoms with Crippen LogP contribution in [-0.4, -0.2) is 42.1 Å². The van der Waals surface area contributed by atoms with Crippen molar-refractivity contribution in [1.82, 2.24) is 14.9 Å². The molecule has 2 N–H and O–H groups in total. The van der Waals surface area contributed by atoms with E-state index < -0.39 is 0 Å². The summed E-state index contributed by atoms with van der Waals surface area (Å²) in [6.07, 6.45) is 1.88. The molecule has 0 saturated carbocycles. The summed E-state index contributed by atoms with van der Waals surface area (Å²) in [5.41, 5.74) is 9.17. The molecule has 1 aromatic rings. The van der Waals surface area contributed by atoms with E-state index in [4.69, 9.17) is 5.73 Å². The van der Waals surface area contributed by atoms with Gasteiger partial charge in [-0.15, -0.1) is 0 Å². The van der Waals surface area contributed by atoms with Crippen LogP contribution < -0.4 is 5.73 Å². The van der Waals surface area contributed by atoms with Gasteiger partial charge in [0.05, 0.1) is 0 Å². The lowest BCUT2D eigenvalue weighted by molar-refractivity contribution is 0.409. The minimum Gasteiger partial charge on any atom is -0.330 e. The molecule has 1 heterocycles. The van der Waals surface area contributed by atoms with E-state index in [9.17, 15) is 0 Å². The average molecular weight is 250 g/mol. The molecule has 0 aromatic carbocycles. The van der Waals surface area contributed by atoms with E-state index in [1.807, 2.05) is 0 Å². The van der Waals surface area contributed by atoms with Crippen LogP contribution in [-0.2, 0) is 12.8 Å². The fourth-order valence-corrected chi connectivity index (χ4v) is 1.97. The lowest BCUT2D eigenvalue weighted by atomic mass is 9.99. The van der Waals surface area contributed by atoms with Crippen molar-refractivity contribution in [1.29, 1.82) is 0 Å². The van der Waals surface area contributed by atoms with Crippen molar-refractivity contribution in [3.63, 3.8) is 0 Å². The molecular formula is C14H26N4. The van der Waals surface area contributed by atoms with Crippen LogP contribution in [0.5, 0.6) is 0 Å². The number of aromatic nitrogens is 2. The molecule has 4 heteroatoms. The fraction of sp³-hybridized carbons (Fsp3) is 0.714. The molecule has 4 nitrogen and oxygen atoms in total. The first-order valence-electron chi connectivity index (χ1n) is 6.61. The van der Waals surface area contributed by atoms with Crippen molar-refractivity contribution < 1.29 is 0 Å². The van der Waals surface area contributed by atoms with Gasteiger partial charge in [-0.25, -0.2) is 9.97 Å². The molecule has 0 radical (unpaired) electrons. The zero-order valence-corrected chi connectivity index (χ0v) is 12.3. The molecule has 1 aromatic heterocycles. The zero-order chi connectivity index (χ0) is 13.7. The summed E-state index contributed by atoms with van der Waals surface area (Å²) < 4.78 is 0. The minimum absolute atomic E-state index is 0.485. The number of hydrogen-bond acceptors (Lipinski definition) is 4. The van der Waals surface area contributed by atoms with Gasteiger partial charge < -0.3 is 10.6 Å². The molecular weight excluding hydrogens is 224 g/mol. The highest BCUT2D eigenvalue weighted by molar-refractivity contribution is 5.25. The molecule has 1 unspecified atom stereocenters. The Morgan fingerprint density at radius 1 is 1.17 bits per heavy atom. The summed E-state index contributed by atoms with van der Waals surface area (Å²) in [5, 5.41) is 0. The number of rotatable bonds is 6. The monoisotopic (exact) mass is 250 g/mol. The van der Waals surface area contributed by atoms with Crippen LogP contribution in [0.1, 0.15) is 29.7 Å². The molecule has 1 atom stereocenters. The van der Waals surface area contributed by atoms with Crippen LogP contribution in [0.25, 0.3) is 0 Å². The SMILES string of the molecule is Cc1nc(CCN(C)C)nc(C)c1CC(C)CN. The minimum atomic E-state index is 0.485. The summed E-state index contributed by atoms with van der Waals surface area (Å²) in [7, 11) is 4.13. The Morgan fingerprint density at radius 3 is 2.17 bits per heavy atom. The first-order chi connectivity index (χ1) is 8.43. The van der Waals surface area contributed by atoms with Crippen LogP contribution in [0.15, 0.2) is 0 Å². The lowest BCUT2D eigenvalue weighted by Gasteiger charge is -2.15. The second-order valence-corrected chi connectivity index (χ2v) is 5.39. The van der Waals surface area contributed by atoms with E-state index in [2.05, 4.69) is 49.7 Å². The summed E-state index contributed by atoms with van der Waals surface area (Å²) in [4.78, 5) is 11.4. The van der Waals surface area contributed by atoms with Crippen LogP contribution in [0.2, 0.25) is 0 Å². The van der Waals surface area contributed by atoms with E-state index in [1.165, 1.54) is 5.56 Å². The Hall–Kier alpha value is -1.00. The van der Waals surface area contributed by atoms with Gasteiger partial charge in [-0.1, -0.05) is 6.92 Å².